The summed E-state index contributed by atoms with van der Waals surface area (Å²) in [6.07, 6.45) is 28.3. The van der Waals surface area contributed by atoms with E-state index in [0.717, 1.165) is 31.3 Å². The summed E-state index contributed by atoms with van der Waals surface area (Å²) in [6.45, 7) is 8.15. The third kappa shape index (κ3) is 13.6. The molecule has 0 aliphatic carbocycles. The summed E-state index contributed by atoms with van der Waals surface area (Å²) in [5.41, 5.74) is 0.945. The van der Waals surface area contributed by atoms with Gasteiger partial charge in [-0.15, -0.1) is 0 Å². The Labute approximate surface area is 344 Å². The van der Waals surface area contributed by atoms with E-state index in [0.29, 0.717) is 25.7 Å². The maximum atomic E-state index is 13.0. The first-order valence-electron chi connectivity index (χ1n) is 21.3. The summed E-state index contributed by atoms with van der Waals surface area (Å²) in [5, 5.41) is 41.7. The minimum Gasteiger partial charge on any atom is -0.481 e. The van der Waals surface area contributed by atoms with Gasteiger partial charge in [-0.1, -0.05) is 106 Å². The number of aliphatic hydroxyl groups excluding tert-OH is 3. The van der Waals surface area contributed by atoms with E-state index in [4.69, 9.17) is 28.8 Å². The smallest absolute Gasteiger partial charge is 0.331 e. The number of esters is 1. The molecule has 6 aliphatic rings. The van der Waals surface area contributed by atoms with Crippen LogP contribution in [0, 0.1) is 17.8 Å². The van der Waals surface area contributed by atoms with Crippen LogP contribution >= 0.6 is 0 Å². The molecule has 3 saturated heterocycles. The van der Waals surface area contributed by atoms with Crippen molar-refractivity contribution in [2.75, 3.05) is 0 Å². The summed E-state index contributed by atoms with van der Waals surface area (Å²) >= 11 is 0. The highest BCUT2D eigenvalue weighted by Gasteiger charge is 2.45. The number of carboxylic acid groups (broad SMARTS) is 1. The second-order valence-corrected chi connectivity index (χ2v) is 16.6. The first-order valence-corrected chi connectivity index (χ1v) is 21.3. The van der Waals surface area contributed by atoms with Crippen molar-refractivity contribution in [2.24, 2.45) is 17.8 Å². The van der Waals surface area contributed by atoms with Crippen molar-refractivity contribution >= 4 is 11.9 Å². The maximum Gasteiger partial charge on any atom is 0.331 e. The van der Waals surface area contributed by atoms with Gasteiger partial charge in [0.2, 0.25) is 0 Å². The van der Waals surface area contributed by atoms with E-state index in [2.05, 4.69) is 32.1 Å². The fourth-order valence-corrected chi connectivity index (χ4v) is 8.38. The van der Waals surface area contributed by atoms with E-state index >= 15 is 0 Å². The molecule has 320 valence electrons. The molecule has 6 rings (SSSR count). The molecule has 0 spiro atoms. The number of carboxylic acids is 1. The van der Waals surface area contributed by atoms with Gasteiger partial charge in [-0.3, -0.25) is 4.79 Å². The second-order valence-electron chi connectivity index (χ2n) is 16.6. The fraction of sp³-hybridized carbons (Fsp3) is 0.617. The van der Waals surface area contributed by atoms with Crippen molar-refractivity contribution in [1.82, 2.24) is 0 Å². The van der Waals surface area contributed by atoms with Crippen molar-refractivity contribution in [3.05, 3.63) is 96.7 Å². The summed E-state index contributed by atoms with van der Waals surface area (Å²) in [4.78, 5) is 23.9. The molecule has 0 aromatic heterocycles. The zero-order chi connectivity index (χ0) is 41.6. The number of carbonyl (C=O) groups is 2. The molecule has 15 atom stereocenters. The molecule has 0 aromatic carbocycles. The predicted octanol–water partition coefficient (Wildman–Crippen LogP) is 6.80. The summed E-state index contributed by atoms with van der Waals surface area (Å²) in [7, 11) is 0. The topological polar surface area (TPSA) is 161 Å². The number of ether oxygens (including phenoxy) is 5. The number of unbranched alkanes of at least 4 members (excludes halogenated alkanes) is 1. The Morgan fingerprint density at radius 1 is 0.759 bits per heavy atom. The van der Waals surface area contributed by atoms with E-state index in [9.17, 15) is 24.9 Å². The molecule has 11 nitrogen and oxygen atoms in total. The minimum atomic E-state index is -1.18. The van der Waals surface area contributed by atoms with Gasteiger partial charge in [-0.25, -0.2) is 4.79 Å². The highest BCUT2D eigenvalue weighted by atomic mass is 16.6. The molecule has 0 amide bonds. The first kappa shape index (κ1) is 45.7. The molecular formula is C47H66O11. The van der Waals surface area contributed by atoms with Crippen molar-refractivity contribution < 1.29 is 53.7 Å². The molecule has 7 bridgehead atoms. The zero-order valence-corrected chi connectivity index (χ0v) is 34.5. The summed E-state index contributed by atoms with van der Waals surface area (Å²) in [6, 6.07) is 0. The molecule has 0 saturated carbocycles. The average molecular weight is 807 g/mol. The molecular weight excluding hydrogens is 741 g/mol. The van der Waals surface area contributed by atoms with Gasteiger partial charge in [0, 0.05) is 37.2 Å². The fourth-order valence-electron chi connectivity index (χ4n) is 8.38. The third-order valence-electron chi connectivity index (χ3n) is 12.0. The van der Waals surface area contributed by atoms with Gasteiger partial charge in [0.1, 0.15) is 24.4 Å². The van der Waals surface area contributed by atoms with Crippen LogP contribution in [-0.2, 0) is 33.3 Å². The molecule has 4 N–H and O–H groups in total. The van der Waals surface area contributed by atoms with Crippen LogP contribution in [0.4, 0.5) is 0 Å². The Morgan fingerprint density at radius 2 is 1.53 bits per heavy atom. The number of carbonyl (C=O) groups excluding carboxylic acids is 1. The first-order chi connectivity index (χ1) is 27.9. The quantitative estimate of drug-likeness (QED) is 0.122. The van der Waals surface area contributed by atoms with E-state index < -0.39 is 48.6 Å². The van der Waals surface area contributed by atoms with Crippen LogP contribution in [-0.4, -0.2) is 106 Å². The number of allylic oxidation sites excluding steroid dienone is 7. The molecule has 11 heteroatoms. The van der Waals surface area contributed by atoms with Crippen LogP contribution in [0.15, 0.2) is 96.7 Å². The normalized spacial score (nSPS) is 41.7. The Bertz CT molecular complexity index is 1570. The lowest BCUT2D eigenvalue weighted by molar-refractivity contribution is -0.175. The monoisotopic (exact) mass is 806 g/mol. The molecule has 6 aliphatic heterocycles. The lowest BCUT2D eigenvalue weighted by atomic mass is 9.85. The van der Waals surface area contributed by atoms with Crippen LogP contribution in [0.25, 0.3) is 0 Å². The van der Waals surface area contributed by atoms with E-state index in [1.807, 2.05) is 62.5 Å². The minimum absolute atomic E-state index is 0.0508. The van der Waals surface area contributed by atoms with Crippen LogP contribution in [0.2, 0.25) is 0 Å². The molecule has 6 heterocycles. The zero-order valence-electron chi connectivity index (χ0n) is 34.5. The van der Waals surface area contributed by atoms with Gasteiger partial charge < -0.3 is 44.1 Å². The highest BCUT2D eigenvalue weighted by Crippen LogP contribution is 2.38. The molecule has 58 heavy (non-hydrogen) atoms. The Balaban J connectivity index is 1.29. The van der Waals surface area contributed by atoms with E-state index in [1.165, 1.54) is 6.08 Å². The maximum absolute atomic E-state index is 13.0. The van der Waals surface area contributed by atoms with Crippen molar-refractivity contribution in [1.29, 1.82) is 0 Å². The number of hydrogen-bond acceptors (Lipinski definition) is 10. The predicted molar refractivity (Wildman–Crippen MR) is 222 cm³/mol. The second kappa shape index (κ2) is 22.8. The number of rotatable bonds is 7. The van der Waals surface area contributed by atoms with Gasteiger partial charge in [-0.2, -0.15) is 0 Å². The number of aliphatic carboxylic acids is 1. The molecule has 0 unspecified atom stereocenters. The van der Waals surface area contributed by atoms with Crippen molar-refractivity contribution in [3.8, 4) is 0 Å². The number of aliphatic hydroxyl groups is 3. The van der Waals surface area contributed by atoms with Crippen LogP contribution < -0.4 is 0 Å². The van der Waals surface area contributed by atoms with E-state index in [-0.39, 0.29) is 67.2 Å². The van der Waals surface area contributed by atoms with E-state index in [1.54, 1.807) is 18.2 Å². The molecule has 0 aromatic rings. The van der Waals surface area contributed by atoms with Crippen LogP contribution in [0.3, 0.4) is 0 Å². The Kier molecular flexibility index (Phi) is 18.0. The summed E-state index contributed by atoms with van der Waals surface area (Å²) < 4.78 is 31.5. The third-order valence-corrected chi connectivity index (χ3v) is 12.0. The lowest BCUT2D eigenvalue weighted by Crippen LogP contribution is -2.50. The van der Waals surface area contributed by atoms with Crippen LogP contribution in [0.1, 0.15) is 91.9 Å². The standard InChI is InChI=1S/C47H66O11/c1-30(17-14-15-23-44(50)51)27-31(2)47-40-26-25-34(54-47)18-10-6-5-7-11-19-35(48)46(53)43-28-36(49)32(3)37(56-43)21-16-22-38-33(4)41-29-42(55-38)39(57-41)20-12-8-9-13-24-45(52)58-40/h6,8-13,16,19-20,22,24-27,30,32-43,46-49,53H,5,7,14-15,17-18,21,23,28-29H2,1-4H3,(H,50,51)/b9-8+,10-6+,19-11+,20-12-,22-16+,24-13-,31-27+/t30-,32-,33+,34+,35+,36+,37-,38+,39-,40+,41-,42-,43-,46+,47+/m1/s1. The average Bonchev–Trinajstić information content (AvgIpc) is 3.54. The largest absolute Gasteiger partial charge is 0.481 e. The van der Waals surface area contributed by atoms with Gasteiger partial charge in [0.25, 0.3) is 0 Å². The van der Waals surface area contributed by atoms with Crippen molar-refractivity contribution in [3.63, 3.8) is 0 Å². The van der Waals surface area contributed by atoms with Gasteiger partial charge >= 0.3 is 11.9 Å². The van der Waals surface area contributed by atoms with Crippen LogP contribution in [0.5, 0.6) is 0 Å². The lowest BCUT2D eigenvalue weighted by Gasteiger charge is -2.40. The number of fused-ring (bicyclic) bond motifs is 13. The Hall–Kier alpha value is -3.42. The van der Waals surface area contributed by atoms with Gasteiger partial charge in [0.05, 0.1) is 42.7 Å². The highest BCUT2D eigenvalue weighted by molar-refractivity contribution is 5.82. The summed E-state index contributed by atoms with van der Waals surface area (Å²) in [5.74, 6) is -1.09. The van der Waals surface area contributed by atoms with Gasteiger partial charge in [-0.05, 0) is 63.0 Å². The molecule has 3 fully saturated rings. The number of hydrogen-bond donors (Lipinski definition) is 4. The SMILES string of the molecule is C/C(=C\[C@H](C)CCCCC(=O)O)[C@@H]1O[C@@H]2C=C[C@@H]1OC(=O)\C=C/C=C/C=C\[C@H]1O[C@@H]3C[C@H]1O[C@@H](/C=C/C[C@H]1O[C@H](C[C@H](O)[C@H]1C)[C@@H](O)[C@@H](O)/C=C/CC/C=C/C2)[C@@H]3C. The van der Waals surface area contributed by atoms with Gasteiger partial charge in [0.15, 0.2) is 6.10 Å². The Morgan fingerprint density at radius 3 is 2.34 bits per heavy atom. The molecule has 0 radical (unpaired) electrons. The van der Waals surface area contributed by atoms with Crippen molar-refractivity contribution in [2.45, 2.75) is 165 Å².